The Morgan fingerprint density at radius 1 is 1.50 bits per heavy atom. The lowest BCUT2D eigenvalue weighted by Gasteiger charge is -2.37. The molecular weight excluding hydrogens is 214 g/mol. The minimum Gasteiger partial charge on any atom is -0.477 e. The van der Waals surface area contributed by atoms with Gasteiger partial charge in [-0.3, -0.25) is 14.5 Å². The van der Waals surface area contributed by atoms with Crippen molar-refractivity contribution in [3.63, 3.8) is 0 Å². The zero-order valence-corrected chi connectivity index (χ0v) is 8.89. The number of fused-ring (bicyclic) bond motifs is 1. The standard InChI is InChI=1S/C10H11NO5/c1-4-8(10(14)15)11-6(3-7(11)13)9(4)16-5(2)12/h6,9H,3H2,1-2H3,(H,14,15)/t6-,9?/m0/s1. The molecule has 2 aliphatic rings. The summed E-state index contributed by atoms with van der Waals surface area (Å²) in [6, 6.07) is -0.331. The highest BCUT2D eigenvalue weighted by Gasteiger charge is 2.53. The van der Waals surface area contributed by atoms with Crippen molar-refractivity contribution >= 4 is 17.8 Å². The molecule has 1 fully saturated rings. The topological polar surface area (TPSA) is 83.9 Å². The van der Waals surface area contributed by atoms with Crippen LogP contribution >= 0.6 is 0 Å². The number of esters is 1. The van der Waals surface area contributed by atoms with Gasteiger partial charge in [0.2, 0.25) is 5.91 Å². The van der Waals surface area contributed by atoms with Crippen LogP contribution in [0.1, 0.15) is 20.3 Å². The van der Waals surface area contributed by atoms with Crippen LogP contribution in [0.15, 0.2) is 11.3 Å². The van der Waals surface area contributed by atoms with Crippen LogP contribution in [-0.4, -0.2) is 40.0 Å². The fourth-order valence-corrected chi connectivity index (χ4v) is 2.20. The molecule has 1 amide bonds. The van der Waals surface area contributed by atoms with E-state index in [1.165, 1.54) is 11.8 Å². The number of ether oxygens (including phenoxy) is 1. The van der Waals surface area contributed by atoms with Gasteiger partial charge in [-0.1, -0.05) is 0 Å². The normalized spacial score (nSPS) is 27.6. The average Bonchev–Trinajstić information content (AvgIpc) is 2.37. The number of hydrogen-bond donors (Lipinski definition) is 1. The number of β-lactam (4-membered cyclic amide) rings is 1. The number of carboxylic acids is 1. The van der Waals surface area contributed by atoms with Crippen molar-refractivity contribution in [2.45, 2.75) is 32.4 Å². The Morgan fingerprint density at radius 2 is 2.12 bits per heavy atom. The van der Waals surface area contributed by atoms with E-state index < -0.39 is 18.0 Å². The van der Waals surface area contributed by atoms with Crippen molar-refractivity contribution in [3.8, 4) is 0 Å². The van der Waals surface area contributed by atoms with Crippen molar-refractivity contribution in [1.29, 1.82) is 0 Å². The third-order valence-corrected chi connectivity index (χ3v) is 2.87. The third-order valence-electron chi connectivity index (χ3n) is 2.87. The molecule has 0 saturated carbocycles. The predicted octanol–water partition coefficient (Wildman–Crippen LogP) is -0.109. The first-order valence-corrected chi connectivity index (χ1v) is 4.87. The van der Waals surface area contributed by atoms with E-state index in [1.807, 2.05) is 0 Å². The molecular formula is C10H11NO5. The van der Waals surface area contributed by atoms with Gasteiger partial charge in [-0.2, -0.15) is 0 Å². The average molecular weight is 225 g/mol. The number of hydrogen-bond acceptors (Lipinski definition) is 4. The first-order chi connectivity index (χ1) is 7.43. The summed E-state index contributed by atoms with van der Waals surface area (Å²) in [6.45, 7) is 2.83. The smallest absolute Gasteiger partial charge is 0.352 e. The van der Waals surface area contributed by atoms with E-state index in [0.29, 0.717) is 5.57 Å². The molecule has 0 bridgehead atoms. The van der Waals surface area contributed by atoms with Gasteiger partial charge in [-0.15, -0.1) is 0 Å². The minimum atomic E-state index is -1.16. The van der Waals surface area contributed by atoms with Gasteiger partial charge in [0.05, 0.1) is 12.5 Å². The van der Waals surface area contributed by atoms with Crippen molar-refractivity contribution in [2.75, 3.05) is 0 Å². The van der Waals surface area contributed by atoms with Crippen molar-refractivity contribution in [1.82, 2.24) is 4.90 Å². The largest absolute Gasteiger partial charge is 0.477 e. The molecule has 2 aliphatic heterocycles. The van der Waals surface area contributed by atoms with Gasteiger partial charge in [0.15, 0.2) is 0 Å². The van der Waals surface area contributed by atoms with E-state index in [0.717, 1.165) is 0 Å². The fraction of sp³-hybridized carbons (Fsp3) is 0.500. The summed E-state index contributed by atoms with van der Waals surface area (Å²) in [4.78, 5) is 34.4. The van der Waals surface area contributed by atoms with E-state index in [2.05, 4.69) is 0 Å². The Labute approximate surface area is 91.5 Å². The molecule has 0 aromatic rings. The van der Waals surface area contributed by atoms with Gasteiger partial charge < -0.3 is 9.84 Å². The molecule has 86 valence electrons. The van der Waals surface area contributed by atoms with Crippen LogP contribution in [0.5, 0.6) is 0 Å². The second-order valence-electron chi connectivity index (χ2n) is 3.90. The minimum absolute atomic E-state index is 0.0486. The van der Waals surface area contributed by atoms with Crippen molar-refractivity contribution in [2.24, 2.45) is 0 Å². The van der Waals surface area contributed by atoms with Crippen LogP contribution in [0.3, 0.4) is 0 Å². The zero-order valence-electron chi connectivity index (χ0n) is 8.89. The molecule has 6 nitrogen and oxygen atoms in total. The van der Waals surface area contributed by atoms with E-state index in [-0.39, 0.29) is 24.1 Å². The maximum atomic E-state index is 11.3. The summed E-state index contributed by atoms with van der Waals surface area (Å²) in [7, 11) is 0. The highest BCUT2D eigenvalue weighted by atomic mass is 16.5. The van der Waals surface area contributed by atoms with Crippen molar-refractivity contribution < 1.29 is 24.2 Å². The molecule has 0 spiro atoms. The van der Waals surface area contributed by atoms with Crippen LogP contribution in [0.2, 0.25) is 0 Å². The lowest BCUT2D eigenvalue weighted by atomic mass is 9.98. The number of carbonyl (C=O) groups is 3. The van der Waals surface area contributed by atoms with Gasteiger partial charge in [-0.05, 0) is 6.92 Å². The number of amides is 1. The Kier molecular flexibility index (Phi) is 2.22. The maximum absolute atomic E-state index is 11.3. The van der Waals surface area contributed by atoms with Crippen LogP contribution in [0.4, 0.5) is 0 Å². The molecule has 0 radical (unpaired) electrons. The van der Waals surface area contributed by atoms with E-state index in [1.54, 1.807) is 6.92 Å². The lowest BCUT2D eigenvalue weighted by molar-refractivity contribution is -0.157. The number of aliphatic carboxylic acids is 1. The highest BCUT2D eigenvalue weighted by Crippen LogP contribution is 2.39. The lowest BCUT2D eigenvalue weighted by Crippen LogP contribution is -2.54. The quantitative estimate of drug-likeness (QED) is 0.523. The van der Waals surface area contributed by atoms with Gasteiger partial charge in [0.1, 0.15) is 11.8 Å². The highest BCUT2D eigenvalue weighted by molar-refractivity contribution is 5.98. The molecule has 2 rings (SSSR count). The summed E-state index contributed by atoms with van der Waals surface area (Å²) >= 11 is 0. The van der Waals surface area contributed by atoms with Gasteiger partial charge in [0, 0.05) is 12.5 Å². The first-order valence-electron chi connectivity index (χ1n) is 4.87. The Bertz CT molecular complexity index is 425. The second-order valence-corrected chi connectivity index (χ2v) is 3.90. The second kappa shape index (κ2) is 3.33. The van der Waals surface area contributed by atoms with Gasteiger partial charge in [-0.25, -0.2) is 4.79 Å². The summed E-state index contributed by atoms with van der Waals surface area (Å²) in [5, 5.41) is 8.98. The van der Waals surface area contributed by atoms with E-state index >= 15 is 0 Å². The Balaban J connectivity index is 2.33. The molecule has 6 heteroatoms. The monoisotopic (exact) mass is 225 g/mol. The molecule has 0 aliphatic carbocycles. The van der Waals surface area contributed by atoms with Crippen LogP contribution in [0, 0.1) is 0 Å². The Hall–Kier alpha value is -1.85. The zero-order chi connectivity index (χ0) is 12.0. The Morgan fingerprint density at radius 3 is 2.50 bits per heavy atom. The SMILES string of the molecule is CC(=O)OC1C(C)=C(C(=O)O)N2C(=O)C[C@@H]12. The summed E-state index contributed by atoms with van der Waals surface area (Å²) in [5.74, 6) is -1.88. The molecule has 0 aromatic carbocycles. The molecule has 1 N–H and O–H groups in total. The molecule has 2 atom stereocenters. The molecule has 1 saturated heterocycles. The van der Waals surface area contributed by atoms with Gasteiger partial charge >= 0.3 is 11.9 Å². The first kappa shape index (κ1) is 10.7. The molecule has 0 aromatic heterocycles. The molecule has 1 unspecified atom stereocenters. The van der Waals surface area contributed by atoms with Crippen LogP contribution < -0.4 is 0 Å². The fourth-order valence-electron chi connectivity index (χ4n) is 2.20. The van der Waals surface area contributed by atoms with E-state index in [9.17, 15) is 14.4 Å². The predicted molar refractivity (Wildman–Crippen MR) is 51.1 cm³/mol. The molecule has 2 heterocycles. The number of carboxylic acid groups (broad SMARTS) is 1. The van der Waals surface area contributed by atoms with Crippen molar-refractivity contribution in [3.05, 3.63) is 11.3 Å². The van der Waals surface area contributed by atoms with Gasteiger partial charge in [0.25, 0.3) is 0 Å². The number of nitrogens with zero attached hydrogens (tertiary/aromatic N) is 1. The van der Waals surface area contributed by atoms with Crippen LogP contribution in [-0.2, 0) is 19.1 Å². The molecule has 16 heavy (non-hydrogen) atoms. The third kappa shape index (κ3) is 1.30. The summed E-state index contributed by atoms with van der Waals surface area (Å²) in [5.41, 5.74) is 0.381. The van der Waals surface area contributed by atoms with Crippen LogP contribution in [0.25, 0.3) is 0 Å². The summed E-state index contributed by atoms with van der Waals surface area (Å²) in [6.07, 6.45) is -0.382. The number of carbonyl (C=O) groups excluding carboxylic acids is 2. The number of rotatable bonds is 2. The van der Waals surface area contributed by atoms with E-state index in [4.69, 9.17) is 9.84 Å². The maximum Gasteiger partial charge on any atom is 0.352 e. The summed E-state index contributed by atoms with van der Waals surface area (Å²) < 4.78 is 5.03.